The van der Waals surface area contributed by atoms with Gasteiger partial charge in [-0.25, -0.2) is 0 Å². The van der Waals surface area contributed by atoms with Crippen LogP contribution >= 0.6 is 0 Å². The van der Waals surface area contributed by atoms with Crippen LogP contribution in [-0.4, -0.2) is 11.3 Å². The lowest BCUT2D eigenvalue weighted by Gasteiger charge is -2.47. The molecule has 10 aromatic carbocycles. The molecule has 4 heterocycles. The summed E-state index contributed by atoms with van der Waals surface area (Å²) in [6.07, 6.45) is 0. The number of nitrogens with zero attached hydrogens (tertiary/aromatic N) is 4. The summed E-state index contributed by atoms with van der Waals surface area (Å²) in [6, 6.07) is 73.2. The lowest BCUT2D eigenvalue weighted by Crippen LogP contribution is -2.62. The van der Waals surface area contributed by atoms with E-state index < -0.39 is 0 Å². The van der Waals surface area contributed by atoms with E-state index in [4.69, 9.17) is 0 Å². The second-order valence-corrected chi connectivity index (χ2v) is 29.7. The van der Waals surface area contributed by atoms with Crippen molar-refractivity contribution >= 4 is 107 Å². The number of aromatic nitrogens is 1. The third-order valence-electron chi connectivity index (χ3n) is 18.7. The molecule has 0 saturated heterocycles. The first kappa shape index (κ1) is 53.7. The maximum Gasteiger partial charge on any atom is 0.252 e. The summed E-state index contributed by atoms with van der Waals surface area (Å²) in [4.78, 5) is 7.78. The Morgan fingerprint density at radius 3 is 1.52 bits per heavy atom. The molecule has 11 aromatic rings. The van der Waals surface area contributed by atoms with Gasteiger partial charge in [-0.2, -0.15) is 0 Å². The topological polar surface area (TPSA) is 14.7 Å². The van der Waals surface area contributed by atoms with Gasteiger partial charge in [-0.3, -0.25) is 0 Å². The minimum atomic E-state index is -0.143. The highest BCUT2D eigenvalue weighted by Gasteiger charge is 2.47. The highest BCUT2D eigenvalue weighted by atomic mass is 15.2. The van der Waals surface area contributed by atoms with E-state index in [9.17, 15) is 0 Å². The van der Waals surface area contributed by atoms with E-state index in [1.807, 2.05) is 0 Å². The smallest absolute Gasteiger partial charge is 0.252 e. The molecule has 0 radical (unpaired) electrons. The molecule has 0 unspecified atom stereocenters. The van der Waals surface area contributed by atoms with E-state index in [1.165, 1.54) is 128 Å². The van der Waals surface area contributed by atoms with Gasteiger partial charge in [-0.1, -0.05) is 201 Å². The minimum Gasteiger partial charge on any atom is -0.311 e. The molecular formula is C79H79BN4. The van der Waals surface area contributed by atoms with Crippen molar-refractivity contribution in [3.63, 3.8) is 0 Å². The number of anilines is 9. The van der Waals surface area contributed by atoms with Crippen LogP contribution in [0.4, 0.5) is 51.2 Å². The van der Waals surface area contributed by atoms with Crippen molar-refractivity contribution in [3.05, 3.63) is 221 Å². The molecular weight excluding hydrogens is 1020 g/mol. The number of fused-ring (bicyclic) bond motifs is 10. The van der Waals surface area contributed by atoms with Crippen molar-refractivity contribution < 1.29 is 0 Å². The zero-order chi connectivity index (χ0) is 58.9. The summed E-state index contributed by atoms with van der Waals surface area (Å²) in [7, 11) is 0. The lowest BCUT2D eigenvalue weighted by molar-refractivity contribution is 0.590. The molecule has 418 valence electrons. The molecule has 0 atom stereocenters. The van der Waals surface area contributed by atoms with Gasteiger partial charge in [-0.15, -0.1) is 0 Å². The Balaban J connectivity index is 1.07. The predicted octanol–water partition coefficient (Wildman–Crippen LogP) is 20.3. The number of aryl methyl sites for hydroxylation is 1. The normalized spacial score (nSPS) is 13.9. The molecule has 3 aliphatic heterocycles. The van der Waals surface area contributed by atoms with E-state index in [0.29, 0.717) is 0 Å². The van der Waals surface area contributed by atoms with E-state index in [1.54, 1.807) is 0 Å². The molecule has 4 nitrogen and oxygen atoms in total. The zero-order valence-corrected chi connectivity index (χ0v) is 52.3. The molecule has 0 spiro atoms. The number of hydrogen-bond acceptors (Lipinski definition) is 3. The summed E-state index contributed by atoms with van der Waals surface area (Å²) in [5.74, 6) is 0. The predicted molar refractivity (Wildman–Crippen MR) is 364 cm³/mol. The molecule has 0 amide bonds. The van der Waals surface area contributed by atoms with Crippen molar-refractivity contribution in [2.45, 2.75) is 138 Å². The average molecular weight is 1100 g/mol. The molecule has 84 heavy (non-hydrogen) atoms. The van der Waals surface area contributed by atoms with Gasteiger partial charge in [0.1, 0.15) is 0 Å². The van der Waals surface area contributed by atoms with Gasteiger partial charge >= 0.3 is 0 Å². The van der Waals surface area contributed by atoms with Gasteiger partial charge in [0.25, 0.3) is 6.71 Å². The quantitative estimate of drug-likeness (QED) is 0.160. The van der Waals surface area contributed by atoms with Gasteiger partial charge in [0, 0.05) is 50.6 Å². The van der Waals surface area contributed by atoms with Crippen molar-refractivity contribution in [2.24, 2.45) is 0 Å². The fourth-order valence-electron chi connectivity index (χ4n) is 13.9. The first-order chi connectivity index (χ1) is 39.7. The number of benzene rings is 10. The van der Waals surface area contributed by atoms with Gasteiger partial charge < -0.3 is 19.3 Å². The minimum absolute atomic E-state index is 0.0117. The van der Waals surface area contributed by atoms with Gasteiger partial charge in [0.15, 0.2) is 0 Å². The molecule has 0 fully saturated rings. The Morgan fingerprint density at radius 1 is 0.369 bits per heavy atom. The Labute approximate surface area is 499 Å². The van der Waals surface area contributed by atoms with Crippen LogP contribution in [0.25, 0.3) is 49.4 Å². The largest absolute Gasteiger partial charge is 0.311 e. The summed E-state index contributed by atoms with van der Waals surface area (Å²) < 4.78 is 2.65. The SMILES string of the molecule is Cc1cc2c3c(c1)N1c4c(cc(C(C)(C)C)cc4-n4c5ccc(C(C)(C)C)cc5c5cc(C(C)(C)C)cc1c54)B3c1ccc(N(c3ccc(C(C)(C)C)cc3)c3ccc(C(C)(C)C)cc3)cc1N2c1ccc(-c2cccc3ccccc23)cc1. The van der Waals surface area contributed by atoms with Crippen molar-refractivity contribution in [2.75, 3.05) is 14.7 Å². The molecule has 0 bridgehead atoms. The maximum absolute atomic E-state index is 2.70. The molecule has 3 aliphatic rings. The maximum atomic E-state index is 2.70. The molecule has 0 saturated carbocycles. The lowest BCUT2D eigenvalue weighted by atomic mass is 9.33. The van der Waals surface area contributed by atoms with Crippen LogP contribution in [0.1, 0.15) is 137 Å². The Bertz CT molecular complexity index is 4440. The molecule has 0 N–H and O–H groups in total. The molecule has 1 aromatic heterocycles. The summed E-state index contributed by atoms with van der Waals surface area (Å²) in [5.41, 5.74) is 28.5. The van der Waals surface area contributed by atoms with Gasteiger partial charge in [0.2, 0.25) is 0 Å². The second kappa shape index (κ2) is 18.4. The van der Waals surface area contributed by atoms with Crippen molar-refractivity contribution in [3.8, 4) is 16.8 Å². The zero-order valence-electron chi connectivity index (χ0n) is 52.3. The second-order valence-electron chi connectivity index (χ2n) is 29.7. The monoisotopic (exact) mass is 1090 g/mol. The highest BCUT2D eigenvalue weighted by molar-refractivity contribution is 7.00. The summed E-state index contributed by atoms with van der Waals surface area (Å²) in [6.45, 7) is 37.3. The van der Waals surface area contributed by atoms with Gasteiger partial charge in [0.05, 0.1) is 28.1 Å². The standard InChI is InChI=1S/C79H79BN4/c1-48-40-68-72-69(41-48)84-70-45-54(78(11,12)13)43-63-62-42-53(77(8,9)10)30-39-66(62)83(73(63)70)71-46-55(79(14,15)16)44-65(74(71)84)80(72)64-38-37-59(81(56-33-26-51(27-34-56)75(2,3)4)57-35-28-52(29-36-57)76(5,6)7)47-67(64)82(68)58-31-24-50(25-32-58)61-23-19-21-49-20-17-18-22-60(49)61/h17-47H,1-16H3. The van der Waals surface area contributed by atoms with E-state index in [0.717, 1.165) is 22.7 Å². The van der Waals surface area contributed by atoms with E-state index in [-0.39, 0.29) is 33.8 Å². The van der Waals surface area contributed by atoms with Crippen LogP contribution in [0.15, 0.2) is 188 Å². The molecule has 0 aliphatic carbocycles. The van der Waals surface area contributed by atoms with Crippen LogP contribution < -0.4 is 31.1 Å². The summed E-state index contributed by atoms with van der Waals surface area (Å²) in [5, 5.41) is 5.13. The van der Waals surface area contributed by atoms with Crippen LogP contribution in [0, 0.1) is 6.92 Å². The van der Waals surface area contributed by atoms with Crippen LogP contribution in [0.5, 0.6) is 0 Å². The van der Waals surface area contributed by atoms with Crippen molar-refractivity contribution in [1.82, 2.24) is 4.57 Å². The third-order valence-corrected chi connectivity index (χ3v) is 18.7. The van der Waals surface area contributed by atoms with E-state index >= 15 is 0 Å². The number of rotatable bonds is 5. The molecule has 14 rings (SSSR count). The average Bonchev–Trinajstić information content (AvgIpc) is 1.19. The first-order valence-corrected chi connectivity index (χ1v) is 30.5. The third kappa shape index (κ3) is 8.46. The summed E-state index contributed by atoms with van der Waals surface area (Å²) >= 11 is 0. The van der Waals surface area contributed by atoms with Crippen LogP contribution in [0.3, 0.4) is 0 Å². The van der Waals surface area contributed by atoms with Crippen LogP contribution in [-0.2, 0) is 27.1 Å². The molecule has 5 heteroatoms. The first-order valence-electron chi connectivity index (χ1n) is 30.5. The highest BCUT2D eigenvalue weighted by Crippen LogP contribution is 2.55. The Hall–Kier alpha value is -8.28. The number of hydrogen-bond donors (Lipinski definition) is 0. The van der Waals surface area contributed by atoms with Crippen LogP contribution in [0.2, 0.25) is 0 Å². The Morgan fingerprint density at radius 2 is 0.905 bits per heavy atom. The van der Waals surface area contributed by atoms with Crippen molar-refractivity contribution in [1.29, 1.82) is 0 Å². The van der Waals surface area contributed by atoms with Gasteiger partial charge in [-0.05, 0) is 197 Å². The Kier molecular flexibility index (Phi) is 11.7. The fourth-order valence-corrected chi connectivity index (χ4v) is 13.9. The van der Waals surface area contributed by atoms with E-state index in [2.05, 4.69) is 318 Å². The fraction of sp³-hybridized carbons (Fsp3) is 0.266.